The van der Waals surface area contributed by atoms with Crippen LogP contribution >= 0.6 is 11.6 Å². The van der Waals surface area contributed by atoms with Crippen molar-refractivity contribution in [2.24, 2.45) is 0 Å². The van der Waals surface area contributed by atoms with Crippen molar-refractivity contribution in [2.75, 3.05) is 6.54 Å². The predicted octanol–water partition coefficient (Wildman–Crippen LogP) is 4.76. The quantitative estimate of drug-likeness (QED) is 0.549. The number of carbonyl (C=O) groups is 1. The lowest BCUT2D eigenvalue weighted by Crippen LogP contribution is -2.31. The molecule has 29 heavy (non-hydrogen) atoms. The van der Waals surface area contributed by atoms with Gasteiger partial charge in [0, 0.05) is 5.02 Å². The van der Waals surface area contributed by atoms with Gasteiger partial charge < -0.3 is 0 Å². The fraction of sp³-hybridized carbons (Fsp3) is 0.136. The molecule has 4 nitrogen and oxygen atoms in total. The fourth-order valence-electron chi connectivity index (χ4n) is 2.94. The molecule has 0 spiro atoms. The molecule has 0 unspecified atom stereocenters. The van der Waals surface area contributed by atoms with E-state index in [0.29, 0.717) is 21.7 Å². The van der Waals surface area contributed by atoms with Crippen molar-refractivity contribution in [3.8, 4) is 11.1 Å². The van der Waals surface area contributed by atoms with Gasteiger partial charge in [0.1, 0.15) is 5.82 Å². The van der Waals surface area contributed by atoms with Gasteiger partial charge in [-0.15, -0.1) is 0 Å². The van der Waals surface area contributed by atoms with Crippen LogP contribution in [-0.4, -0.2) is 20.7 Å². The van der Waals surface area contributed by atoms with E-state index in [1.807, 2.05) is 30.3 Å². The number of aryl methyl sites for hydroxylation is 1. The van der Waals surface area contributed by atoms with Gasteiger partial charge in [-0.3, -0.25) is 4.79 Å². The minimum atomic E-state index is -3.79. The van der Waals surface area contributed by atoms with Crippen LogP contribution in [0.4, 0.5) is 4.39 Å². The monoisotopic (exact) mass is 431 g/mol. The molecule has 0 saturated heterocycles. The highest BCUT2D eigenvalue weighted by molar-refractivity contribution is 7.88. The molecule has 0 aliphatic heterocycles. The van der Waals surface area contributed by atoms with Crippen molar-refractivity contribution in [1.82, 2.24) is 4.72 Å². The molecule has 0 fully saturated rings. The summed E-state index contributed by atoms with van der Waals surface area (Å²) in [5, 5.41) is 0.420. The first kappa shape index (κ1) is 21.2. The van der Waals surface area contributed by atoms with Crippen LogP contribution < -0.4 is 4.72 Å². The zero-order chi connectivity index (χ0) is 21.0. The zero-order valence-electron chi connectivity index (χ0n) is 15.7. The van der Waals surface area contributed by atoms with Gasteiger partial charge in [-0.25, -0.2) is 17.5 Å². The number of benzene rings is 3. The predicted molar refractivity (Wildman–Crippen MR) is 113 cm³/mol. The van der Waals surface area contributed by atoms with Crippen LogP contribution in [0.15, 0.2) is 66.7 Å². The number of ketones is 1. The molecule has 3 aromatic rings. The van der Waals surface area contributed by atoms with Gasteiger partial charge >= 0.3 is 0 Å². The van der Waals surface area contributed by atoms with Crippen molar-refractivity contribution in [1.29, 1.82) is 0 Å². The largest absolute Gasteiger partial charge is 0.293 e. The number of nitrogens with one attached hydrogen (secondary N) is 1. The Morgan fingerprint density at radius 2 is 1.72 bits per heavy atom. The van der Waals surface area contributed by atoms with E-state index >= 15 is 0 Å². The Morgan fingerprint density at radius 3 is 2.41 bits per heavy atom. The van der Waals surface area contributed by atoms with Gasteiger partial charge in [-0.1, -0.05) is 54.1 Å². The first-order valence-electron chi connectivity index (χ1n) is 8.86. The molecular formula is C22H19ClFNO3S. The van der Waals surface area contributed by atoms with Gasteiger partial charge in [0.05, 0.1) is 17.9 Å². The second kappa shape index (κ2) is 8.86. The minimum absolute atomic E-state index is 0.144. The Labute approximate surface area is 174 Å². The van der Waals surface area contributed by atoms with E-state index in [1.165, 1.54) is 12.1 Å². The smallest absolute Gasteiger partial charge is 0.216 e. The Balaban J connectivity index is 1.77. The third-order valence-electron chi connectivity index (χ3n) is 4.36. The number of hydrogen-bond donors (Lipinski definition) is 1. The van der Waals surface area contributed by atoms with Gasteiger partial charge in [-0.2, -0.15) is 0 Å². The van der Waals surface area contributed by atoms with Crippen LogP contribution in [0.2, 0.25) is 5.02 Å². The van der Waals surface area contributed by atoms with Crippen LogP contribution in [0.25, 0.3) is 11.1 Å². The molecule has 7 heteroatoms. The summed E-state index contributed by atoms with van der Waals surface area (Å²) in [5.74, 6) is -1.62. The number of carbonyl (C=O) groups excluding carboxylic acids is 1. The topological polar surface area (TPSA) is 63.2 Å². The number of rotatable bonds is 7. The molecule has 1 N–H and O–H groups in total. The minimum Gasteiger partial charge on any atom is -0.293 e. The van der Waals surface area contributed by atoms with Crippen molar-refractivity contribution < 1.29 is 17.6 Å². The van der Waals surface area contributed by atoms with E-state index in [-0.39, 0.29) is 11.3 Å². The summed E-state index contributed by atoms with van der Waals surface area (Å²) in [6.45, 7) is 1.04. The second-order valence-corrected chi connectivity index (χ2v) is 8.90. The highest BCUT2D eigenvalue weighted by Gasteiger charge is 2.19. The second-order valence-electron chi connectivity index (χ2n) is 6.65. The SMILES string of the molecule is Cc1cc(-c2ccccc2)cc(C(=O)CNS(=O)(=O)Cc2cccc(Cl)c2)c1F. The summed E-state index contributed by atoms with van der Waals surface area (Å²) < 4.78 is 41.4. The Kier molecular flexibility index (Phi) is 6.47. The summed E-state index contributed by atoms with van der Waals surface area (Å²) in [6.07, 6.45) is 0. The Bertz CT molecular complexity index is 1150. The average molecular weight is 432 g/mol. The molecule has 0 aliphatic carbocycles. The average Bonchev–Trinajstić information content (AvgIpc) is 2.68. The maximum absolute atomic E-state index is 14.5. The molecule has 0 saturated carbocycles. The summed E-state index contributed by atoms with van der Waals surface area (Å²) >= 11 is 5.87. The van der Waals surface area contributed by atoms with Gasteiger partial charge in [0.25, 0.3) is 0 Å². The third-order valence-corrected chi connectivity index (χ3v) is 5.89. The lowest BCUT2D eigenvalue weighted by Gasteiger charge is -2.11. The lowest BCUT2D eigenvalue weighted by atomic mass is 9.98. The third kappa shape index (κ3) is 5.50. The first-order valence-corrected chi connectivity index (χ1v) is 10.9. The fourth-order valence-corrected chi connectivity index (χ4v) is 4.22. The molecule has 0 bridgehead atoms. The Morgan fingerprint density at radius 1 is 1.00 bits per heavy atom. The number of halogens is 2. The molecule has 0 atom stereocenters. The zero-order valence-corrected chi connectivity index (χ0v) is 17.2. The summed E-state index contributed by atoms with van der Waals surface area (Å²) in [5.41, 5.74) is 2.19. The standard InChI is InChI=1S/C22H19ClFNO3S/c1-15-10-18(17-7-3-2-4-8-17)12-20(22(15)24)21(26)13-25-29(27,28)14-16-6-5-9-19(23)11-16/h2-12,25H,13-14H2,1H3. The first-order chi connectivity index (χ1) is 13.7. The van der Waals surface area contributed by atoms with E-state index < -0.39 is 28.2 Å². The lowest BCUT2D eigenvalue weighted by molar-refractivity contribution is 0.0993. The molecule has 0 heterocycles. The number of hydrogen-bond acceptors (Lipinski definition) is 3. The number of Topliss-reactive ketones (excluding diaryl/α,β-unsaturated/α-hetero) is 1. The van der Waals surface area contributed by atoms with E-state index in [9.17, 15) is 17.6 Å². The molecule has 0 aliphatic rings. The van der Waals surface area contributed by atoms with Gasteiger partial charge in [0.2, 0.25) is 10.0 Å². The van der Waals surface area contributed by atoms with Crippen molar-refractivity contribution in [3.63, 3.8) is 0 Å². The van der Waals surface area contributed by atoms with Crippen LogP contribution in [0, 0.1) is 12.7 Å². The van der Waals surface area contributed by atoms with Gasteiger partial charge in [-0.05, 0) is 53.4 Å². The highest BCUT2D eigenvalue weighted by atomic mass is 35.5. The molecule has 0 radical (unpaired) electrons. The maximum Gasteiger partial charge on any atom is 0.216 e. The summed E-state index contributed by atoms with van der Waals surface area (Å²) in [7, 11) is -3.79. The van der Waals surface area contributed by atoms with E-state index in [4.69, 9.17) is 11.6 Å². The van der Waals surface area contributed by atoms with Crippen LogP contribution in [-0.2, 0) is 15.8 Å². The van der Waals surface area contributed by atoms with Crippen molar-refractivity contribution in [3.05, 3.63) is 94.3 Å². The highest BCUT2D eigenvalue weighted by Crippen LogP contribution is 2.25. The molecule has 0 aromatic heterocycles. The normalized spacial score (nSPS) is 11.4. The van der Waals surface area contributed by atoms with Crippen LogP contribution in [0.5, 0.6) is 0 Å². The molecule has 3 aromatic carbocycles. The molecule has 150 valence electrons. The van der Waals surface area contributed by atoms with E-state index in [1.54, 1.807) is 31.2 Å². The maximum atomic E-state index is 14.5. The molecule has 0 amide bonds. The van der Waals surface area contributed by atoms with Crippen LogP contribution in [0.3, 0.4) is 0 Å². The van der Waals surface area contributed by atoms with E-state index in [0.717, 1.165) is 5.56 Å². The molecular weight excluding hydrogens is 413 g/mol. The Hall–Kier alpha value is -2.54. The van der Waals surface area contributed by atoms with Crippen molar-refractivity contribution in [2.45, 2.75) is 12.7 Å². The van der Waals surface area contributed by atoms with E-state index in [2.05, 4.69) is 4.72 Å². The number of sulfonamides is 1. The molecule has 3 rings (SSSR count). The van der Waals surface area contributed by atoms with Gasteiger partial charge in [0.15, 0.2) is 5.78 Å². The van der Waals surface area contributed by atoms with Crippen molar-refractivity contribution >= 4 is 27.4 Å². The summed E-state index contributed by atoms with van der Waals surface area (Å²) in [4.78, 5) is 12.6. The summed E-state index contributed by atoms with van der Waals surface area (Å²) in [6, 6.07) is 18.8. The van der Waals surface area contributed by atoms with Crippen LogP contribution in [0.1, 0.15) is 21.5 Å².